The fourth-order valence-electron chi connectivity index (χ4n) is 2.09. The molecule has 0 saturated carbocycles. The average molecular weight is 289 g/mol. The normalized spacial score (nSPS) is 12.3. The number of rotatable bonds is 7. The van der Waals surface area contributed by atoms with E-state index < -0.39 is 4.92 Å². The molecule has 0 spiro atoms. The Bertz CT molecular complexity index is 631. The Balaban J connectivity index is 2.21. The van der Waals surface area contributed by atoms with Crippen LogP contribution < -0.4 is 10.1 Å². The third-order valence-corrected chi connectivity index (χ3v) is 3.17. The summed E-state index contributed by atoms with van der Waals surface area (Å²) in [4.78, 5) is 14.9. The molecular weight excluding hydrogens is 270 g/mol. The number of nitrogens with one attached hydrogen (secondary N) is 1. The summed E-state index contributed by atoms with van der Waals surface area (Å²) in [6.45, 7) is 6.47. The van der Waals surface area contributed by atoms with Crippen molar-refractivity contribution in [3.8, 4) is 5.75 Å². The second-order valence-electron chi connectivity index (χ2n) is 4.96. The molecule has 2 aromatic rings. The van der Waals surface area contributed by atoms with Gasteiger partial charge in [-0.2, -0.15) is 0 Å². The van der Waals surface area contributed by atoms with E-state index in [1.807, 2.05) is 0 Å². The molecule has 21 heavy (non-hydrogen) atoms. The van der Waals surface area contributed by atoms with Crippen LogP contribution in [0.25, 0.3) is 10.9 Å². The Morgan fingerprint density at radius 2 is 2.24 bits per heavy atom. The van der Waals surface area contributed by atoms with Gasteiger partial charge >= 0.3 is 0 Å². The van der Waals surface area contributed by atoms with E-state index in [4.69, 9.17) is 4.74 Å². The lowest BCUT2D eigenvalue weighted by molar-refractivity contribution is -0.383. The van der Waals surface area contributed by atoms with Gasteiger partial charge in [0, 0.05) is 24.7 Å². The van der Waals surface area contributed by atoms with Gasteiger partial charge in [0.25, 0.3) is 5.69 Å². The van der Waals surface area contributed by atoms with E-state index in [1.165, 1.54) is 6.07 Å². The van der Waals surface area contributed by atoms with Crippen LogP contribution in [0, 0.1) is 16.0 Å². The Kier molecular flexibility index (Phi) is 5.05. The number of benzene rings is 1. The third kappa shape index (κ3) is 3.66. The van der Waals surface area contributed by atoms with Crippen molar-refractivity contribution >= 4 is 16.6 Å². The van der Waals surface area contributed by atoms with Crippen molar-refractivity contribution < 1.29 is 9.66 Å². The van der Waals surface area contributed by atoms with Gasteiger partial charge in [0.1, 0.15) is 11.3 Å². The summed E-state index contributed by atoms with van der Waals surface area (Å²) in [6.07, 6.45) is 1.61. The number of nitro benzene ring substituents is 1. The molecule has 6 heteroatoms. The van der Waals surface area contributed by atoms with Gasteiger partial charge in [-0.25, -0.2) is 0 Å². The Hall–Kier alpha value is -2.21. The van der Waals surface area contributed by atoms with Crippen molar-refractivity contribution in [1.29, 1.82) is 0 Å². The fourth-order valence-corrected chi connectivity index (χ4v) is 2.09. The molecule has 1 aromatic carbocycles. The van der Waals surface area contributed by atoms with Gasteiger partial charge in [-0.1, -0.05) is 13.8 Å². The lowest BCUT2D eigenvalue weighted by atomic mass is 10.1. The minimum absolute atomic E-state index is 0.0474. The van der Waals surface area contributed by atoms with Crippen molar-refractivity contribution in [2.75, 3.05) is 19.7 Å². The zero-order valence-electron chi connectivity index (χ0n) is 12.2. The molecule has 0 aliphatic heterocycles. The highest BCUT2D eigenvalue weighted by Crippen LogP contribution is 2.31. The molecule has 0 amide bonds. The summed E-state index contributed by atoms with van der Waals surface area (Å²) in [6, 6.07) is 6.46. The number of nitro groups is 1. The van der Waals surface area contributed by atoms with E-state index in [9.17, 15) is 10.1 Å². The van der Waals surface area contributed by atoms with Crippen LogP contribution in [0.2, 0.25) is 0 Å². The van der Waals surface area contributed by atoms with Gasteiger partial charge in [0.2, 0.25) is 0 Å². The highest BCUT2D eigenvalue weighted by molar-refractivity contribution is 5.92. The van der Waals surface area contributed by atoms with Crippen LogP contribution in [0.4, 0.5) is 5.69 Å². The monoisotopic (exact) mass is 289 g/mol. The van der Waals surface area contributed by atoms with E-state index in [0.29, 0.717) is 29.2 Å². The largest absolute Gasteiger partial charge is 0.491 e. The molecule has 1 N–H and O–H groups in total. The van der Waals surface area contributed by atoms with Crippen LogP contribution in [-0.4, -0.2) is 29.6 Å². The van der Waals surface area contributed by atoms with E-state index in [-0.39, 0.29) is 5.69 Å². The molecule has 0 bridgehead atoms. The van der Waals surface area contributed by atoms with Gasteiger partial charge in [-0.3, -0.25) is 15.1 Å². The lowest BCUT2D eigenvalue weighted by Crippen LogP contribution is -2.24. The Labute approximate surface area is 123 Å². The summed E-state index contributed by atoms with van der Waals surface area (Å²) >= 11 is 0. The topological polar surface area (TPSA) is 77.3 Å². The molecule has 1 atom stereocenters. The molecule has 0 saturated heterocycles. The van der Waals surface area contributed by atoms with Crippen molar-refractivity contribution in [3.63, 3.8) is 0 Å². The molecule has 1 aromatic heterocycles. The van der Waals surface area contributed by atoms with Crippen molar-refractivity contribution in [2.24, 2.45) is 5.92 Å². The highest BCUT2D eigenvalue weighted by Gasteiger charge is 2.16. The summed E-state index contributed by atoms with van der Waals surface area (Å²) < 4.78 is 5.79. The predicted molar refractivity (Wildman–Crippen MR) is 81.6 cm³/mol. The standard InChI is InChI=1S/C15H19N3O3/c1-3-16-9-11(2)10-21-14-7-6-13(18(19)20)12-5-4-8-17-15(12)14/h4-8,11,16H,3,9-10H2,1-2H3. The Morgan fingerprint density at radius 1 is 1.43 bits per heavy atom. The summed E-state index contributed by atoms with van der Waals surface area (Å²) in [5.41, 5.74) is 0.577. The van der Waals surface area contributed by atoms with Crippen LogP contribution >= 0.6 is 0 Å². The summed E-state index contributed by atoms with van der Waals surface area (Å²) in [5.74, 6) is 0.929. The lowest BCUT2D eigenvalue weighted by Gasteiger charge is -2.14. The van der Waals surface area contributed by atoms with Gasteiger partial charge in [-0.15, -0.1) is 0 Å². The van der Waals surface area contributed by atoms with Crippen LogP contribution in [-0.2, 0) is 0 Å². The minimum Gasteiger partial charge on any atom is -0.491 e. The van der Waals surface area contributed by atoms with Crippen molar-refractivity contribution in [3.05, 3.63) is 40.6 Å². The van der Waals surface area contributed by atoms with Crippen LogP contribution in [0.15, 0.2) is 30.5 Å². The number of non-ortho nitro benzene ring substituents is 1. The number of ether oxygens (including phenoxy) is 1. The van der Waals surface area contributed by atoms with Gasteiger partial charge in [0.15, 0.2) is 0 Å². The zero-order chi connectivity index (χ0) is 15.2. The number of pyridine rings is 1. The van der Waals surface area contributed by atoms with Crippen molar-refractivity contribution in [1.82, 2.24) is 10.3 Å². The molecule has 2 rings (SSSR count). The van der Waals surface area contributed by atoms with E-state index in [2.05, 4.69) is 24.1 Å². The van der Waals surface area contributed by atoms with Crippen molar-refractivity contribution in [2.45, 2.75) is 13.8 Å². The molecule has 112 valence electrons. The maximum absolute atomic E-state index is 11.0. The molecule has 0 aliphatic rings. The maximum Gasteiger partial charge on any atom is 0.279 e. The highest BCUT2D eigenvalue weighted by atomic mass is 16.6. The number of aromatic nitrogens is 1. The number of fused-ring (bicyclic) bond motifs is 1. The summed E-state index contributed by atoms with van der Waals surface area (Å²) in [7, 11) is 0. The van der Waals surface area contributed by atoms with Gasteiger partial charge in [0.05, 0.1) is 16.9 Å². The maximum atomic E-state index is 11.0. The van der Waals surface area contributed by atoms with E-state index in [1.54, 1.807) is 24.4 Å². The van der Waals surface area contributed by atoms with Gasteiger partial charge in [-0.05, 0) is 24.7 Å². The molecule has 0 fully saturated rings. The quantitative estimate of drug-likeness (QED) is 0.626. The smallest absolute Gasteiger partial charge is 0.279 e. The third-order valence-electron chi connectivity index (χ3n) is 3.17. The van der Waals surface area contributed by atoms with Crippen LogP contribution in [0.1, 0.15) is 13.8 Å². The Morgan fingerprint density at radius 3 is 2.95 bits per heavy atom. The van der Waals surface area contributed by atoms with Crippen LogP contribution in [0.5, 0.6) is 5.75 Å². The van der Waals surface area contributed by atoms with E-state index >= 15 is 0 Å². The molecule has 6 nitrogen and oxygen atoms in total. The molecule has 1 unspecified atom stereocenters. The second kappa shape index (κ2) is 6.99. The van der Waals surface area contributed by atoms with Crippen LogP contribution in [0.3, 0.4) is 0 Å². The molecular formula is C15H19N3O3. The number of hydrogen-bond acceptors (Lipinski definition) is 5. The molecule has 1 heterocycles. The molecule has 0 aliphatic carbocycles. The van der Waals surface area contributed by atoms with E-state index in [0.717, 1.165) is 13.1 Å². The first-order valence-corrected chi connectivity index (χ1v) is 6.99. The first kappa shape index (κ1) is 15.2. The second-order valence-corrected chi connectivity index (χ2v) is 4.96. The first-order chi connectivity index (χ1) is 10.1. The summed E-state index contributed by atoms with van der Waals surface area (Å²) in [5, 5.41) is 14.8. The fraction of sp³-hybridized carbons (Fsp3) is 0.400. The SMILES string of the molecule is CCNCC(C)COc1ccc([N+](=O)[O-])c2cccnc12. The first-order valence-electron chi connectivity index (χ1n) is 6.99. The predicted octanol–water partition coefficient (Wildman–Crippen LogP) is 2.77. The number of hydrogen-bond donors (Lipinski definition) is 1. The average Bonchev–Trinajstić information content (AvgIpc) is 2.50. The minimum atomic E-state index is -0.401. The van der Waals surface area contributed by atoms with Gasteiger partial charge < -0.3 is 10.1 Å². The zero-order valence-corrected chi connectivity index (χ0v) is 12.2. The molecule has 0 radical (unpaired) electrons. The number of nitrogens with zero attached hydrogens (tertiary/aromatic N) is 2.